The third-order valence-electron chi connectivity index (χ3n) is 2.89. The molecule has 0 unspecified atom stereocenters. The number of carbonyl (C=O) groups is 2. The van der Waals surface area contributed by atoms with Crippen molar-refractivity contribution >= 4 is 35.1 Å². The van der Waals surface area contributed by atoms with Gasteiger partial charge in [0.2, 0.25) is 11.8 Å². The van der Waals surface area contributed by atoms with E-state index in [1.807, 2.05) is 6.92 Å². The normalized spacial score (nSPS) is 12.4. The largest absolute Gasteiger partial charge is 0.417 e. The molecule has 1 rings (SSSR count). The molecule has 0 spiro atoms. The van der Waals surface area contributed by atoms with E-state index in [1.165, 1.54) is 25.7 Å². The molecule has 0 aromatic carbocycles. The monoisotopic (exact) mass is 364 g/mol. The van der Waals surface area contributed by atoms with E-state index >= 15 is 0 Å². The summed E-state index contributed by atoms with van der Waals surface area (Å²) in [6, 6.07) is -0.0548. The first-order chi connectivity index (χ1) is 11.2. The van der Waals surface area contributed by atoms with Crippen LogP contribution in [0.4, 0.5) is 24.7 Å². The van der Waals surface area contributed by atoms with Gasteiger partial charge in [0, 0.05) is 25.9 Å². The predicted octanol–water partition coefficient (Wildman–Crippen LogP) is 2.34. The number of hydrogen-bond donors (Lipinski definition) is 3. The SMILES string of the molecule is CCSC[C@H](NC(C)=O)C(=O)Nc1cc(C(F)(F)F)cnc1NC. The second-order valence-corrected chi connectivity index (χ2v) is 6.09. The van der Waals surface area contributed by atoms with E-state index in [9.17, 15) is 22.8 Å². The molecule has 0 fully saturated rings. The first-order valence-electron chi connectivity index (χ1n) is 7.09. The Morgan fingerprint density at radius 1 is 1.38 bits per heavy atom. The second-order valence-electron chi connectivity index (χ2n) is 4.77. The van der Waals surface area contributed by atoms with Crippen LogP contribution >= 0.6 is 11.8 Å². The summed E-state index contributed by atoms with van der Waals surface area (Å²) < 4.78 is 38.4. The van der Waals surface area contributed by atoms with Crippen LogP contribution in [0.25, 0.3) is 0 Å². The van der Waals surface area contributed by atoms with Crippen molar-refractivity contribution in [2.75, 3.05) is 29.2 Å². The minimum absolute atomic E-state index is 0.0982. The molecule has 24 heavy (non-hydrogen) atoms. The van der Waals surface area contributed by atoms with E-state index in [-0.39, 0.29) is 11.5 Å². The van der Waals surface area contributed by atoms with Crippen molar-refractivity contribution in [1.29, 1.82) is 0 Å². The molecule has 1 heterocycles. The number of nitrogens with zero attached hydrogens (tertiary/aromatic N) is 1. The number of thioether (sulfide) groups is 1. The molecule has 0 aliphatic rings. The van der Waals surface area contributed by atoms with Gasteiger partial charge < -0.3 is 16.0 Å². The molecule has 0 saturated carbocycles. The number of aromatic nitrogens is 1. The van der Waals surface area contributed by atoms with Crippen LogP contribution in [0.5, 0.6) is 0 Å². The molecule has 3 N–H and O–H groups in total. The Kier molecular flexibility index (Phi) is 7.33. The molecular weight excluding hydrogens is 345 g/mol. The summed E-state index contributed by atoms with van der Waals surface area (Å²) in [4.78, 5) is 27.2. The number of halogens is 3. The molecule has 1 atom stereocenters. The van der Waals surface area contributed by atoms with Gasteiger partial charge in [-0.25, -0.2) is 4.98 Å². The van der Waals surface area contributed by atoms with Gasteiger partial charge in [-0.15, -0.1) is 0 Å². The van der Waals surface area contributed by atoms with Crippen LogP contribution in [0.2, 0.25) is 0 Å². The van der Waals surface area contributed by atoms with Gasteiger partial charge in [-0.3, -0.25) is 9.59 Å². The van der Waals surface area contributed by atoms with Crippen molar-refractivity contribution < 1.29 is 22.8 Å². The fraction of sp³-hybridized carbons (Fsp3) is 0.500. The maximum absolute atomic E-state index is 12.8. The highest BCUT2D eigenvalue weighted by Crippen LogP contribution is 2.32. The Morgan fingerprint density at radius 2 is 2.04 bits per heavy atom. The predicted molar refractivity (Wildman–Crippen MR) is 88.0 cm³/mol. The van der Waals surface area contributed by atoms with Crippen LogP contribution in [0.15, 0.2) is 12.3 Å². The summed E-state index contributed by atoms with van der Waals surface area (Å²) in [5.74, 6) is 0.132. The second kappa shape index (κ2) is 8.76. The molecule has 6 nitrogen and oxygen atoms in total. The van der Waals surface area contributed by atoms with Crippen LogP contribution in [-0.2, 0) is 15.8 Å². The lowest BCUT2D eigenvalue weighted by molar-refractivity contribution is -0.137. The van der Waals surface area contributed by atoms with E-state index in [2.05, 4.69) is 20.9 Å². The highest BCUT2D eigenvalue weighted by Gasteiger charge is 2.32. The molecule has 0 aliphatic heterocycles. The van der Waals surface area contributed by atoms with Crippen LogP contribution in [-0.4, -0.2) is 41.4 Å². The molecule has 1 aromatic heterocycles. The minimum Gasteiger partial charge on any atom is -0.371 e. The number of nitrogens with one attached hydrogen (secondary N) is 3. The van der Waals surface area contributed by atoms with Gasteiger partial charge >= 0.3 is 6.18 Å². The maximum atomic E-state index is 12.8. The zero-order valence-corrected chi connectivity index (χ0v) is 14.3. The summed E-state index contributed by atoms with van der Waals surface area (Å²) >= 11 is 1.43. The highest BCUT2D eigenvalue weighted by molar-refractivity contribution is 7.99. The van der Waals surface area contributed by atoms with Gasteiger partial charge in [0.15, 0.2) is 0 Å². The Morgan fingerprint density at radius 3 is 2.54 bits per heavy atom. The molecule has 2 amide bonds. The molecule has 0 saturated heterocycles. The standard InChI is InChI=1S/C14H19F3N4O2S/c1-4-24-7-11(20-8(2)22)13(23)21-10-5-9(14(15,16)17)6-19-12(10)18-3/h5-6,11H,4,7H2,1-3H3,(H,18,19)(H,20,22)(H,21,23)/t11-/m0/s1. The topological polar surface area (TPSA) is 83.1 Å². The van der Waals surface area contributed by atoms with Crippen molar-refractivity contribution in [3.8, 4) is 0 Å². The lowest BCUT2D eigenvalue weighted by Gasteiger charge is -2.19. The Bertz CT molecular complexity index is 596. The van der Waals surface area contributed by atoms with Crippen LogP contribution < -0.4 is 16.0 Å². The van der Waals surface area contributed by atoms with Crippen LogP contribution in [0, 0.1) is 0 Å². The first kappa shape index (κ1) is 20.1. The minimum atomic E-state index is -4.58. The van der Waals surface area contributed by atoms with Gasteiger partial charge in [0.05, 0.1) is 11.3 Å². The average molecular weight is 364 g/mol. The molecule has 0 aliphatic carbocycles. The number of pyridine rings is 1. The summed E-state index contributed by atoms with van der Waals surface area (Å²) in [6.45, 7) is 3.16. The Labute approximate surface area is 142 Å². The zero-order chi connectivity index (χ0) is 18.3. The molecular formula is C14H19F3N4O2S. The number of amides is 2. The van der Waals surface area contributed by atoms with Gasteiger partial charge in [-0.05, 0) is 11.8 Å². The Balaban J connectivity index is 3.02. The van der Waals surface area contributed by atoms with Crippen molar-refractivity contribution in [3.05, 3.63) is 17.8 Å². The number of rotatable bonds is 7. The van der Waals surface area contributed by atoms with Gasteiger partial charge in [0.25, 0.3) is 0 Å². The number of carbonyl (C=O) groups excluding carboxylic acids is 2. The lowest BCUT2D eigenvalue weighted by Crippen LogP contribution is -2.44. The smallest absolute Gasteiger partial charge is 0.371 e. The summed E-state index contributed by atoms with van der Waals surface area (Å²) in [6.07, 6.45) is -3.90. The number of alkyl halides is 3. The third kappa shape index (κ3) is 5.91. The summed E-state index contributed by atoms with van der Waals surface area (Å²) in [7, 11) is 1.48. The van der Waals surface area contributed by atoms with Gasteiger partial charge in [-0.2, -0.15) is 24.9 Å². The molecule has 0 radical (unpaired) electrons. The van der Waals surface area contributed by atoms with Crippen molar-refractivity contribution in [1.82, 2.24) is 10.3 Å². The fourth-order valence-electron chi connectivity index (χ4n) is 1.80. The van der Waals surface area contributed by atoms with Gasteiger partial charge in [0.1, 0.15) is 11.9 Å². The lowest BCUT2D eigenvalue weighted by atomic mass is 10.2. The quantitative estimate of drug-likeness (QED) is 0.692. The van der Waals surface area contributed by atoms with E-state index in [1.54, 1.807) is 0 Å². The fourth-order valence-corrected chi connectivity index (χ4v) is 2.50. The van der Waals surface area contributed by atoms with Crippen LogP contribution in [0.3, 0.4) is 0 Å². The highest BCUT2D eigenvalue weighted by atomic mass is 32.2. The van der Waals surface area contributed by atoms with Gasteiger partial charge in [-0.1, -0.05) is 6.92 Å². The van der Waals surface area contributed by atoms with E-state index in [4.69, 9.17) is 0 Å². The van der Waals surface area contributed by atoms with E-state index < -0.39 is 29.6 Å². The van der Waals surface area contributed by atoms with Crippen molar-refractivity contribution in [2.45, 2.75) is 26.1 Å². The summed E-state index contributed by atoms with van der Waals surface area (Å²) in [5, 5.41) is 7.50. The Hall–Kier alpha value is -1.97. The zero-order valence-electron chi connectivity index (χ0n) is 13.5. The first-order valence-corrected chi connectivity index (χ1v) is 8.25. The van der Waals surface area contributed by atoms with Crippen LogP contribution in [0.1, 0.15) is 19.4 Å². The molecule has 10 heteroatoms. The molecule has 0 bridgehead atoms. The molecule has 134 valence electrons. The van der Waals surface area contributed by atoms with E-state index in [0.717, 1.165) is 11.8 Å². The maximum Gasteiger partial charge on any atom is 0.417 e. The van der Waals surface area contributed by atoms with Crippen molar-refractivity contribution in [3.63, 3.8) is 0 Å². The average Bonchev–Trinajstić information content (AvgIpc) is 2.50. The summed E-state index contributed by atoms with van der Waals surface area (Å²) in [5.41, 5.74) is -1.08. The number of hydrogen-bond acceptors (Lipinski definition) is 5. The van der Waals surface area contributed by atoms with E-state index in [0.29, 0.717) is 11.9 Å². The number of anilines is 2. The van der Waals surface area contributed by atoms with Crippen molar-refractivity contribution in [2.24, 2.45) is 0 Å². The third-order valence-corrected chi connectivity index (χ3v) is 3.87. The molecule has 1 aromatic rings.